The topological polar surface area (TPSA) is 80.0 Å². The Morgan fingerprint density at radius 3 is 2.69 bits per heavy atom. The van der Waals surface area contributed by atoms with Crippen LogP contribution in [0.1, 0.15) is 6.92 Å². The molecule has 16 heavy (non-hydrogen) atoms. The zero-order valence-electron chi connectivity index (χ0n) is 8.84. The van der Waals surface area contributed by atoms with E-state index < -0.39 is 6.04 Å². The fraction of sp³-hybridized carbons (Fsp3) is 0.333. The smallest absolute Gasteiger partial charge is 0.241 e. The molecule has 1 rings (SSSR count). The molecule has 0 fully saturated rings. The third kappa shape index (κ3) is 2.90. The van der Waals surface area contributed by atoms with Gasteiger partial charge in [-0.25, -0.2) is 4.98 Å². The van der Waals surface area contributed by atoms with E-state index in [1.54, 1.807) is 14.0 Å². The van der Waals surface area contributed by atoms with Crippen LogP contribution in [-0.2, 0) is 4.79 Å². The van der Waals surface area contributed by atoms with Gasteiger partial charge in [-0.2, -0.15) is 0 Å². The minimum atomic E-state index is -0.462. The Hall–Kier alpha value is -1.20. The first-order chi connectivity index (χ1) is 7.45. The van der Waals surface area contributed by atoms with Crippen molar-refractivity contribution in [1.29, 1.82) is 0 Å². The van der Waals surface area contributed by atoms with Crippen molar-refractivity contribution in [3.63, 3.8) is 0 Å². The number of nitrogens with one attached hydrogen (secondary N) is 2. The van der Waals surface area contributed by atoms with E-state index in [0.717, 1.165) is 0 Å². The molecule has 1 amide bonds. The van der Waals surface area contributed by atoms with Crippen LogP contribution in [0.4, 0.5) is 11.6 Å². The average Bonchev–Trinajstić information content (AvgIpc) is 2.24. The van der Waals surface area contributed by atoms with E-state index in [1.807, 2.05) is 0 Å². The molecule has 1 aromatic heterocycles. The lowest BCUT2D eigenvalue weighted by Gasteiger charge is -2.14. The molecule has 1 unspecified atom stereocenters. The number of hydrogen-bond donors (Lipinski definition) is 3. The van der Waals surface area contributed by atoms with Crippen molar-refractivity contribution in [2.75, 3.05) is 18.1 Å². The molecule has 0 saturated heterocycles. The maximum Gasteiger partial charge on any atom is 0.241 e. The number of likely N-dealkylation sites (N-methyl/N-ethyl adjacent to an activating group) is 1. The molecule has 0 aliphatic carbocycles. The lowest BCUT2D eigenvalue weighted by molar-refractivity contribution is -0.121. The first-order valence-corrected chi connectivity index (χ1v) is 5.31. The van der Waals surface area contributed by atoms with Gasteiger partial charge in [0.2, 0.25) is 5.91 Å². The van der Waals surface area contributed by atoms with Crippen molar-refractivity contribution in [2.45, 2.75) is 13.0 Å². The average molecular weight is 263 g/mol. The first-order valence-electron chi connectivity index (χ1n) is 4.55. The van der Waals surface area contributed by atoms with Crippen molar-refractivity contribution in [1.82, 2.24) is 10.3 Å². The van der Waals surface area contributed by atoms with Crippen LogP contribution in [0.2, 0.25) is 10.0 Å². The fourth-order valence-electron chi connectivity index (χ4n) is 1.07. The minimum Gasteiger partial charge on any atom is -0.382 e. The van der Waals surface area contributed by atoms with Gasteiger partial charge >= 0.3 is 0 Å². The Kier molecular flexibility index (Phi) is 4.20. The summed E-state index contributed by atoms with van der Waals surface area (Å²) in [5, 5.41) is 5.93. The Morgan fingerprint density at radius 2 is 2.12 bits per heavy atom. The van der Waals surface area contributed by atoms with Crippen LogP contribution < -0.4 is 16.4 Å². The van der Waals surface area contributed by atoms with Gasteiger partial charge in [-0.1, -0.05) is 23.2 Å². The van der Waals surface area contributed by atoms with Crippen molar-refractivity contribution >= 4 is 40.7 Å². The molecule has 88 valence electrons. The highest BCUT2D eigenvalue weighted by atomic mass is 35.5. The number of nitrogens with zero attached hydrogens (tertiary/aromatic N) is 1. The Balaban J connectivity index is 2.89. The number of nitrogen functional groups attached to an aromatic ring is 1. The number of carbonyl (C=O) groups excluding carboxylic acids is 1. The van der Waals surface area contributed by atoms with Crippen LogP contribution in [-0.4, -0.2) is 24.0 Å². The summed E-state index contributed by atoms with van der Waals surface area (Å²) in [4.78, 5) is 15.2. The van der Waals surface area contributed by atoms with E-state index in [2.05, 4.69) is 15.6 Å². The molecule has 1 aromatic rings. The highest BCUT2D eigenvalue weighted by Crippen LogP contribution is 2.27. The van der Waals surface area contributed by atoms with Gasteiger partial charge in [-0.15, -0.1) is 0 Å². The Bertz CT molecular complexity index is 411. The quantitative estimate of drug-likeness (QED) is 0.772. The maximum atomic E-state index is 11.3. The van der Waals surface area contributed by atoms with Gasteiger partial charge in [-0.3, -0.25) is 4.79 Å². The molecule has 4 N–H and O–H groups in total. The molecule has 1 heterocycles. The molecule has 0 radical (unpaired) electrons. The van der Waals surface area contributed by atoms with Crippen LogP contribution in [0, 0.1) is 0 Å². The SMILES string of the molecule is CNC(=O)C(C)Nc1nc(N)c(Cl)cc1Cl. The van der Waals surface area contributed by atoms with Crippen LogP contribution in [0.3, 0.4) is 0 Å². The van der Waals surface area contributed by atoms with E-state index in [-0.39, 0.29) is 16.7 Å². The van der Waals surface area contributed by atoms with Gasteiger partial charge in [-0.05, 0) is 13.0 Å². The predicted molar refractivity (Wildman–Crippen MR) is 65.8 cm³/mol. The number of aromatic nitrogens is 1. The highest BCUT2D eigenvalue weighted by molar-refractivity contribution is 6.37. The number of carbonyl (C=O) groups is 1. The zero-order chi connectivity index (χ0) is 12.3. The molecule has 0 aliphatic heterocycles. The van der Waals surface area contributed by atoms with Crippen molar-refractivity contribution in [2.24, 2.45) is 0 Å². The van der Waals surface area contributed by atoms with E-state index in [4.69, 9.17) is 28.9 Å². The molecule has 0 saturated carbocycles. The summed E-state index contributed by atoms with van der Waals surface area (Å²) < 4.78 is 0. The molecule has 5 nitrogen and oxygen atoms in total. The summed E-state index contributed by atoms with van der Waals surface area (Å²) in [7, 11) is 1.55. The molecular formula is C9H12Cl2N4O. The molecule has 7 heteroatoms. The zero-order valence-corrected chi connectivity index (χ0v) is 10.4. The van der Waals surface area contributed by atoms with Crippen LogP contribution in [0.25, 0.3) is 0 Å². The Morgan fingerprint density at radius 1 is 1.50 bits per heavy atom. The van der Waals surface area contributed by atoms with Gasteiger partial charge in [0.05, 0.1) is 10.0 Å². The number of pyridine rings is 1. The standard InChI is InChI=1S/C9H12Cl2N4O/c1-4(9(16)13-2)14-8-6(11)3-5(10)7(12)15-8/h3-4H,1-2H3,(H,13,16)(H3,12,14,15). The number of amides is 1. The monoisotopic (exact) mass is 262 g/mol. The Labute approximate surface area is 103 Å². The third-order valence-corrected chi connectivity index (χ3v) is 2.54. The highest BCUT2D eigenvalue weighted by Gasteiger charge is 2.14. The second kappa shape index (κ2) is 5.23. The summed E-state index contributed by atoms with van der Waals surface area (Å²) in [5.74, 6) is 0.323. The summed E-state index contributed by atoms with van der Waals surface area (Å²) in [6, 6.07) is 1.01. The summed E-state index contributed by atoms with van der Waals surface area (Å²) in [6.45, 7) is 1.68. The number of rotatable bonds is 3. The second-order valence-corrected chi connectivity index (χ2v) is 3.98. The maximum absolute atomic E-state index is 11.3. The summed E-state index contributed by atoms with van der Waals surface area (Å²) in [6.07, 6.45) is 0. The van der Waals surface area contributed by atoms with Crippen LogP contribution in [0.5, 0.6) is 0 Å². The fourth-order valence-corrected chi connectivity index (χ4v) is 1.48. The molecule has 0 spiro atoms. The largest absolute Gasteiger partial charge is 0.382 e. The second-order valence-electron chi connectivity index (χ2n) is 3.17. The van der Waals surface area contributed by atoms with Gasteiger partial charge in [0.15, 0.2) is 0 Å². The summed E-state index contributed by atoms with van der Waals surface area (Å²) in [5.41, 5.74) is 5.53. The van der Waals surface area contributed by atoms with Crippen LogP contribution >= 0.6 is 23.2 Å². The van der Waals surface area contributed by atoms with Crippen molar-refractivity contribution in [3.8, 4) is 0 Å². The van der Waals surface area contributed by atoms with E-state index >= 15 is 0 Å². The third-order valence-electron chi connectivity index (χ3n) is 1.95. The van der Waals surface area contributed by atoms with Gasteiger partial charge in [0.1, 0.15) is 17.7 Å². The number of hydrogen-bond acceptors (Lipinski definition) is 4. The van der Waals surface area contributed by atoms with E-state index in [0.29, 0.717) is 10.8 Å². The van der Waals surface area contributed by atoms with Crippen LogP contribution in [0.15, 0.2) is 6.07 Å². The van der Waals surface area contributed by atoms with Crippen molar-refractivity contribution < 1.29 is 4.79 Å². The van der Waals surface area contributed by atoms with Crippen molar-refractivity contribution in [3.05, 3.63) is 16.1 Å². The van der Waals surface area contributed by atoms with Gasteiger partial charge < -0.3 is 16.4 Å². The van der Waals surface area contributed by atoms with E-state index in [9.17, 15) is 4.79 Å². The number of nitrogens with two attached hydrogens (primary N) is 1. The molecule has 1 atom stereocenters. The lowest BCUT2D eigenvalue weighted by atomic mass is 10.3. The lowest BCUT2D eigenvalue weighted by Crippen LogP contribution is -2.35. The first kappa shape index (κ1) is 12.9. The molecular weight excluding hydrogens is 251 g/mol. The minimum absolute atomic E-state index is 0.165. The van der Waals surface area contributed by atoms with E-state index in [1.165, 1.54) is 6.07 Å². The van der Waals surface area contributed by atoms with Gasteiger partial charge in [0.25, 0.3) is 0 Å². The normalized spacial score (nSPS) is 12.0. The number of anilines is 2. The molecule has 0 aromatic carbocycles. The number of halogens is 2. The molecule has 0 bridgehead atoms. The summed E-state index contributed by atoms with van der Waals surface area (Å²) >= 11 is 11.6. The van der Waals surface area contributed by atoms with Gasteiger partial charge in [0, 0.05) is 7.05 Å². The molecule has 0 aliphatic rings. The predicted octanol–water partition coefficient (Wildman–Crippen LogP) is 1.52.